The van der Waals surface area contributed by atoms with Crippen molar-refractivity contribution >= 4 is 62.5 Å². The number of nitrogens with one attached hydrogen (secondary N) is 1. The first-order valence-electron chi connectivity index (χ1n) is 15.3. The van der Waals surface area contributed by atoms with Crippen molar-refractivity contribution in [1.29, 1.82) is 0 Å². The predicted octanol–water partition coefficient (Wildman–Crippen LogP) is 6.63. The lowest BCUT2D eigenvalue weighted by Gasteiger charge is -2.43. The van der Waals surface area contributed by atoms with Crippen LogP contribution in [0.15, 0.2) is 87.1 Å². The van der Waals surface area contributed by atoms with Crippen molar-refractivity contribution in [3.8, 4) is 5.75 Å². The predicted molar refractivity (Wildman–Crippen MR) is 178 cm³/mol. The summed E-state index contributed by atoms with van der Waals surface area (Å²) in [6.45, 7) is 2.40. The molecular formula is C35H29BrN2O6S2. The van der Waals surface area contributed by atoms with E-state index in [4.69, 9.17) is 9.47 Å². The fraction of sp³-hybridized carbons (Fsp3) is 0.314. The Hall–Kier alpha value is -3.67. The third kappa shape index (κ3) is 4.69. The summed E-state index contributed by atoms with van der Waals surface area (Å²) in [6.07, 6.45) is 0.786. The molecule has 1 aromatic heterocycles. The van der Waals surface area contributed by atoms with Crippen LogP contribution in [0.4, 0.5) is 5.69 Å². The molecule has 3 fully saturated rings. The van der Waals surface area contributed by atoms with Crippen LogP contribution in [0.5, 0.6) is 5.75 Å². The van der Waals surface area contributed by atoms with Gasteiger partial charge < -0.3 is 14.5 Å². The number of rotatable bonds is 7. The first-order valence-corrected chi connectivity index (χ1v) is 17.8. The van der Waals surface area contributed by atoms with Crippen LogP contribution in [0.1, 0.15) is 45.6 Å². The molecule has 0 radical (unpaired) electrons. The van der Waals surface area contributed by atoms with Gasteiger partial charge in [-0.25, -0.2) is 4.79 Å². The molecule has 2 amide bonds. The summed E-state index contributed by atoms with van der Waals surface area (Å²) in [6, 6.07) is 22.5. The standard InChI is InChI=1S/C35H29BrN2O6S2/c1-2-43-34(41)18-8-11-20(12-9-18)38-32(39)27-22-15-23(28(27)33(38)40)29-26(22)25(30-31(45-29)37-35(42)46-30)21-14-19(36)10-13-24(21)44-16-17-6-4-3-5-7-17/h3-14,22-23,25-29H,2,15-16H2,1H3,(H,37,42)/t22-,23-,25?,26?,27?,28?,29?/m1/s1. The highest BCUT2D eigenvalue weighted by Crippen LogP contribution is 2.69. The Balaban J connectivity index is 1.16. The van der Waals surface area contributed by atoms with Crippen molar-refractivity contribution in [3.63, 3.8) is 0 Å². The summed E-state index contributed by atoms with van der Waals surface area (Å²) in [7, 11) is 0. The largest absolute Gasteiger partial charge is 0.489 e. The summed E-state index contributed by atoms with van der Waals surface area (Å²) in [5.41, 5.74) is 2.86. The summed E-state index contributed by atoms with van der Waals surface area (Å²) in [4.78, 5) is 58.4. The lowest BCUT2D eigenvalue weighted by Crippen LogP contribution is -2.42. The summed E-state index contributed by atoms with van der Waals surface area (Å²) in [5.74, 6) is -1.11. The van der Waals surface area contributed by atoms with Crippen molar-refractivity contribution in [2.24, 2.45) is 29.6 Å². The van der Waals surface area contributed by atoms with Crippen LogP contribution >= 0.6 is 39.0 Å². The molecule has 4 aromatic rings. The van der Waals surface area contributed by atoms with Gasteiger partial charge in [0.2, 0.25) is 11.8 Å². The number of carbonyl (C=O) groups is 3. The molecule has 46 heavy (non-hydrogen) atoms. The Morgan fingerprint density at radius 1 is 0.978 bits per heavy atom. The average Bonchev–Trinajstić information content (AvgIpc) is 3.80. The van der Waals surface area contributed by atoms with E-state index in [0.717, 1.165) is 37.7 Å². The lowest BCUT2D eigenvalue weighted by molar-refractivity contribution is -0.123. The molecule has 8 rings (SSSR count). The van der Waals surface area contributed by atoms with E-state index in [1.165, 1.54) is 16.2 Å². The van der Waals surface area contributed by atoms with Crippen molar-refractivity contribution in [2.45, 2.75) is 36.1 Å². The molecule has 2 bridgehead atoms. The van der Waals surface area contributed by atoms with Crippen LogP contribution in [-0.4, -0.2) is 34.6 Å². The number of anilines is 1. The van der Waals surface area contributed by atoms with Gasteiger partial charge in [0.1, 0.15) is 12.4 Å². The van der Waals surface area contributed by atoms with E-state index < -0.39 is 17.8 Å². The van der Waals surface area contributed by atoms with Gasteiger partial charge in [0.25, 0.3) is 0 Å². The van der Waals surface area contributed by atoms with E-state index in [1.807, 2.05) is 42.5 Å². The number of aromatic amines is 1. The van der Waals surface area contributed by atoms with Gasteiger partial charge in [0.05, 0.1) is 34.7 Å². The topological polar surface area (TPSA) is 106 Å². The van der Waals surface area contributed by atoms with Gasteiger partial charge in [-0.1, -0.05) is 57.6 Å². The number of aromatic nitrogens is 1. The number of hydrogen-bond donors (Lipinski definition) is 1. The van der Waals surface area contributed by atoms with E-state index in [-0.39, 0.29) is 52.2 Å². The van der Waals surface area contributed by atoms with Crippen LogP contribution in [0.25, 0.3) is 0 Å². The summed E-state index contributed by atoms with van der Waals surface area (Å²) in [5, 5.41) is 0.903. The number of fused-ring (bicyclic) bond motifs is 9. The van der Waals surface area contributed by atoms with Crippen LogP contribution < -0.4 is 14.5 Å². The Labute approximate surface area is 281 Å². The molecule has 2 aliphatic heterocycles. The molecule has 3 heterocycles. The van der Waals surface area contributed by atoms with Gasteiger partial charge in [-0.05, 0) is 79.1 Å². The molecule has 2 saturated carbocycles. The molecule has 1 N–H and O–H groups in total. The van der Waals surface area contributed by atoms with E-state index >= 15 is 0 Å². The second kappa shape index (κ2) is 11.5. The summed E-state index contributed by atoms with van der Waals surface area (Å²) < 4.78 is 12.4. The summed E-state index contributed by atoms with van der Waals surface area (Å²) >= 11 is 6.56. The van der Waals surface area contributed by atoms with Crippen molar-refractivity contribution in [1.82, 2.24) is 4.98 Å². The number of esters is 1. The minimum Gasteiger partial charge on any atom is -0.489 e. The molecule has 234 valence electrons. The van der Waals surface area contributed by atoms with Gasteiger partial charge in [0, 0.05) is 26.1 Å². The molecule has 0 spiro atoms. The quantitative estimate of drug-likeness (QED) is 0.169. The number of thiazole rings is 1. The highest BCUT2D eigenvalue weighted by molar-refractivity contribution is 9.10. The smallest absolute Gasteiger partial charge is 0.338 e. The molecule has 8 nitrogen and oxygen atoms in total. The number of thioether (sulfide) groups is 1. The number of ether oxygens (including phenoxy) is 2. The number of carbonyl (C=O) groups excluding carboxylic acids is 3. The Morgan fingerprint density at radius 3 is 2.46 bits per heavy atom. The second-order valence-corrected chi connectivity index (χ2v) is 15.3. The number of H-pyrrole nitrogens is 1. The van der Waals surface area contributed by atoms with Crippen molar-refractivity contribution in [3.05, 3.63) is 109 Å². The first-order chi connectivity index (χ1) is 22.3. The number of hydrogen-bond acceptors (Lipinski definition) is 8. The Morgan fingerprint density at radius 2 is 1.72 bits per heavy atom. The first kappa shape index (κ1) is 29.7. The number of nitrogens with zero attached hydrogens (tertiary/aromatic N) is 1. The Kier molecular flexibility index (Phi) is 7.45. The van der Waals surface area contributed by atoms with Gasteiger partial charge in [-0.15, -0.1) is 11.8 Å². The molecular weight excluding hydrogens is 688 g/mol. The van der Waals surface area contributed by atoms with Crippen molar-refractivity contribution in [2.75, 3.05) is 11.5 Å². The SMILES string of the molecule is CCOC(=O)c1ccc(N2C(=O)C3C(C2=O)[C@@H]2C[C@H]3C3Sc4[nH]c(=O)sc4C(c4cc(Br)ccc4OCc4ccccc4)C32)cc1. The third-order valence-electron chi connectivity index (χ3n) is 9.90. The molecule has 11 heteroatoms. The van der Waals surface area contributed by atoms with Crippen LogP contribution in [0.3, 0.4) is 0 Å². The van der Waals surface area contributed by atoms with E-state index in [1.54, 1.807) is 43.0 Å². The maximum Gasteiger partial charge on any atom is 0.338 e. The normalized spacial score (nSPS) is 27.3. The van der Waals surface area contributed by atoms with Crippen LogP contribution in [0, 0.1) is 29.6 Å². The van der Waals surface area contributed by atoms with Gasteiger partial charge in [0.15, 0.2) is 0 Å². The van der Waals surface area contributed by atoms with Crippen LogP contribution in [0.2, 0.25) is 0 Å². The molecule has 1 saturated heterocycles. The highest BCUT2D eigenvalue weighted by Gasteiger charge is 2.69. The third-order valence-corrected chi connectivity index (χ3v) is 13.0. The van der Waals surface area contributed by atoms with Gasteiger partial charge in [-0.3, -0.25) is 19.3 Å². The molecule has 3 aromatic carbocycles. The molecule has 4 aliphatic rings. The monoisotopic (exact) mass is 716 g/mol. The molecule has 2 aliphatic carbocycles. The fourth-order valence-electron chi connectivity index (χ4n) is 8.21. The maximum absolute atomic E-state index is 14.2. The van der Waals surface area contributed by atoms with E-state index in [2.05, 4.69) is 27.0 Å². The average molecular weight is 718 g/mol. The van der Waals surface area contributed by atoms with Crippen LogP contribution in [-0.2, 0) is 20.9 Å². The van der Waals surface area contributed by atoms with E-state index in [9.17, 15) is 19.2 Å². The zero-order chi connectivity index (χ0) is 31.7. The number of halogens is 1. The number of benzene rings is 3. The Bertz CT molecular complexity index is 1930. The second-order valence-electron chi connectivity index (χ2n) is 12.2. The maximum atomic E-state index is 14.2. The fourth-order valence-corrected chi connectivity index (χ4v) is 11.5. The molecule has 5 unspecified atom stereocenters. The van der Waals surface area contributed by atoms with Gasteiger partial charge >= 0.3 is 10.8 Å². The lowest BCUT2D eigenvalue weighted by atomic mass is 9.68. The van der Waals surface area contributed by atoms with E-state index in [0.29, 0.717) is 17.9 Å². The zero-order valence-corrected chi connectivity index (χ0v) is 27.9. The highest BCUT2D eigenvalue weighted by atomic mass is 79.9. The minimum absolute atomic E-state index is 0.00912. The number of imide groups is 1. The molecule has 7 atom stereocenters. The minimum atomic E-state index is -0.444. The van der Waals surface area contributed by atoms with Crippen molar-refractivity contribution < 1.29 is 23.9 Å². The number of amides is 2. The van der Waals surface area contributed by atoms with Gasteiger partial charge in [-0.2, -0.15) is 0 Å². The zero-order valence-electron chi connectivity index (χ0n) is 24.7.